The van der Waals surface area contributed by atoms with Gasteiger partial charge in [-0.05, 0) is 0 Å². The molecule has 2 nitrogen and oxygen atoms in total. The molecule has 0 aromatic heterocycles. The van der Waals surface area contributed by atoms with E-state index in [1.807, 2.05) is 0 Å². The predicted molar refractivity (Wildman–Crippen MR) is 59.1 cm³/mol. The van der Waals surface area contributed by atoms with Crippen LogP contribution in [0.25, 0.3) is 0 Å². The Morgan fingerprint density at radius 1 is 1.77 bits per heavy atom. The van der Waals surface area contributed by atoms with Gasteiger partial charge in [0.15, 0.2) is 0 Å². The van der Waals surface area contributed by atoms with E-state index in [1.165, 1.54) is 0 Å². The van der Waals surface area contributed by atoms with Crippen molar-refractivity contribution >= 4 is 29.3 Å². The smallest absolute Gasteiger partial charge is 0.224 e. The highest BCUT2D eigenvalue weighted by molar-refractivity contribution is 7.99. The fourth-order valence-electron chi connectivity index (χ4n) is 0.622. The van der Waals surface area contributed by atoms with Crippen LogP contribution >= 0.6 is 23.4 Å². The first-order valence-corrected chi connectivity index (χ1v) is 5.76. The first-order valence-electron chi connectivity index (χ1n) is 4.07. The number of thioether (sulfide) groups is 1. The largest absolute Gasteiger partial charge is 0.355 e. The molecule has 0 saturated carbocycles. The zero-order chi connectivity index (χ0) is 10.1. The van der Waals surface area contributed by atoms with E-state index in [0.29, 0.717) is 18.2 Å². The van der Waals surface area contributed by atoms with Crippen LogP contribution in [0.5, 0.6) is 0 Å². The van der Waals surface area contributed by atoms with Crippen molar-refractivity contribution in [2.75, 3.05) is 23.9 Å². The molecule has 0 radical (unpaired) electrons. The van der Waals surface area contributed by atoms with Gasteiger partial charge in [0.05, 0.1) is 5.75 Å². The van der Waals surface area contributed by atoms with Gasteiger partial charge in [-0.3, -0.25) is 4.79 Å². The van der Waals surface area contributed by atoms with Crippen LogP contribution in [-0.4, -0.2) is 29.8 Å². The Hall–Kier alpha value is -0.330. The maximum Gasteiger partial charge on any atom is 0.224 e. The molecule has 0 aromatic carbocycles. The molecule has 0 aliphatic heterocycles. The first kappa shape index (κ1) is 12.7. The van der Waals surface area contributed by atoms with Gasteiger partial charge in [-0.15, -0.1) is 29.8 Å². The molecule has 0 aliphatic rings. The van der Waals surface area contributed by atoms with Gasteiger partial charge < -0.3 is 5.32 Å². The van der Waals surface area contributed by atoms with Gasteiger partial charge in [-0.25, -0.2) is 0 Å². The van der Waals surface area contributed by atoms with E-state index in [-0.39, 0.29) is 11.8 Å². The minimum Gasteiger partial charge on any atom is -0.355 e. The van der Waals surface area contributed by atoms with Crippen LogP contribution in [0.4, 0.5) is 0 Å². The molecule has 0 fully saturated rings. The van der Waals surface area contributed by atoms with Crippen LogP contribution in [0.1, 0.15) is 6.92 Å². The fourth-order valence-corrected chi connectivity index (χ4v) is 1.27. The quantitative estimate of drug-likeness (QED) is 0.415. The summed E-state index contributed by atoms with van der Waals surface area (Å²) in [6, 6.07) is 0. The summed E-state index contributed by atoms with van der Waals surface area (Å²) in [6.45, 7) is 2.46. The minimum absolute atomic E-state index is 0.0105. The van der Waals surface area contributed by atoms with E-state index in [4.69, 9.17) is 18.0 Å². The molecule has 74 valence electrons. The van der Waals surface area contributed by atoms with Crippen molar-refractivity contribution in [3.05, 3.63) is 0 Å². The van der Waals surface area contributed by atoms with Crippen LogP contribution < -0.4 is 5.32 Å². The minimum atomic E-state index is -0.112. The third kappa shape index (κ3) is 6.80. The lowest BCUT2D eigenvalue weighted by atomic mass is 10.2. The van der Waals surface area contributed by atoms with E-state index in [2.05, 4.69) is 11.2 Å². The van der Waals surface area contributed by atoms with Crippen LogP contribution in [0.2, 0.25) is 0 Å². The molecule has 1 atom stereocenters. The van der Waals surface area contributed by atoms with Gasteiger partial charge in [-0.2, -0.15) is 0 Å². The zero-order valence-corrected chi connectivity index (χ0v) is 9.25. The number of terminal acetylenes is 1. The van der Waals surface area contributed by atoms with Crippen molar-refractivity contribution in [1.82, 2.24) is 5.32 Å². The third-order valence-electron chi connectivity index (χ3n) is 1.41. The SMILES string of the molecule is C#CCSCCNC(=O)C(C)CCl. The molecule has 0 rings (SSSR count). The van der Waals surface area contributed by atoms with Crippen LogP contribution in [0, 0.1) is 18.3 Å². The molecule has 0 spiro atoms. The number of nitrogens with one attached hydrogen (secondary N) is 1. The number of halogens is 1. The van der Waals surface area contributed by atoms with E-state index in [1.54, 1.807) is 18.7 Å². The monoisotopic (exact) mass is 219 g/mol. The van der Waals surface area contributed by atoms with Crippen molar-refractivity contribution in [2.24, 2.45) is 5.92 Å². The number of alkyl halides is 1. The van der Waals surface area contributed by atoms with Gasteiger partial charge in [0.2, 0.25) is 5.91 Å². The summed E-state index contributed by atoms with van der Waals surface area (Å²) >= 11 is 7.15. The molecular weight excluding hydrogens is 206 g/mol. The number of carbonyl (C=O) groups is 1. The Morgan fingerprint density at radius 3 is 3.00 bits per heavy atom. The number of hydrogen-bond donors (Lipinski definition) is 1. The van der Waals surface area contributed by atoms with Gasteiger partial charge >= 0.3 is 0 Å². The maximum absolute atomic E-state index is 11.2. The highest BCUT2D eigenvalue weighted by Crippen LogP contribution is 1.99. The number of carbonyl (C=O) groups excluding carboxylic acids is 1. The van der Waals surface area contributed by atoms with Crippen molar-refractivity contribution in [3.8, 4) is 12.3 Å². The lowest BCUT2D eigenvalue weighted by Crippen LogP contribution is -2.31. The second-order valence-corrected chi connectivity index (χ2v) is 4.02. The topological polar surface area (TPSA) is 29.1 Å². The molecule has 0 aromatic rings. The van der Waals surface area contributed by atoms with E-state index < -0.39 is 0 Å². The Morgan fingerprint density at radius 2 is 2.46 bits per heavy atom. The standard InChI is InChI=1S/C9H14ClNOS/c1-3-5-13-6-4-11-9(12)8(2)7-10/h1,8H,4-7H2,2H3,(H,11,12). The first-order chi connectivity index (χ1) is 6.22. The highest BCUT2D eigenvalue weighted by Gasteiger charge is 2.09. The Balaban J connectivity index is 3.33. The molecule has 0 bridgehead atoms. The van der Waals surface area contributed by atoms with E-state index >= 15 is 0 Å². The third-order valence-corrected chi connectivity index (χ3v) is 2.74. The van der Waals surface area contributed by atoms with E-state index in [9.17, 15) is 4.79 Å². The summed E-state index contributed by atoms with van der Waals surface area (Å²) < 4.78 is 0. The molecule has 0 aliphatic carbocycles. The lowest BCUT2D eigenvalue weighted by molar-refractivity contribution is -0.123. The Labute approximate surface area is 88.8 Å². The summed E-state index contributed by atoms with van der Waals surface area (Å²) in [6.07, 6.45) is 5.06. The number of hydrogen-bond acceptors (Lipinski definition) is 2. The van der Waals surface area contributed by atoms with Crippen LogP contribution in [-0.2, 0) is 4.79 Å². The lowest BCUT2D eigenvalue weighted by Gasteiger charge is -2.07. The molecule has 1 amide bonds. The van der Waals surface area contributed by atoms with Crippen molar-refractivity contribution in [3.63, 3.8) is 0 Å². The number of amides is 1. The molecular formula is C9H14ClNOS. The number of rotatable bonds is 6. The maximum atomic E-state index is 11.2. The van der Waals surface area contributed by atoms with Gasteiger partial charge in [-0.1, -0.05) is 12.8 Å². The highest BCUT2D eigenvalue weighted by atomic mass is 35.5. The van der Waals surface area contributed by atoms with Gasteiger partial charge in [0, 0.05) is 24.1 Å². The summed E-state index contributed by atoms with van der Waals surface area (Å²) in [5, 5.41) is 2.78. The second kappa shape index (κ2) is 8.28. The summed E-state index contributed by atoms with van der Waals surface area (Å²) in [7, 11) is 0. The van der Waals surface area contributed by atoms with Gasteiger partial charge in [0.25, 0.3) is 0 Å². The summed E-state index contributed by atoms with van der Waals surface area (Å²) in [5.41, 5.74) is 0. The van der Waals surface area contributed by atoms with Crippen molar-refractivity contribution in [2.45, 2.75) is 6.92 Å². The molecule has 1 N–H and O–H groups in total. The van der Waals surface area contributed by atoms with Gasteiger partial charge in [0.1, 0.15) is 0 Å². The Kier molecular flexibility index (Phi) is 8.07. The van der Waals surface area contributed by atoms with Crippen LogP contribution in [0.3, 0.4) is 0 Å². The average molecular weight is 220 g/mol. The summed E-state index contributed by atoms with van der Waals surface area (Å²) in [4.78, 5) is 11.2. The van der Waals surface area contributed by atoms with Crippen LogP contribution in [0.15, 0.2) is 0 Å². The van der Waals surface area contributed by atoms with E-state index in [0.717, 1.165) is 5.75 Å². The Bertz CT molecular complexity index is 191. The van der Waals surface area contributed by atoms with Crippen molar-refractivity contribution in [1.29, 1.82) is 0 Å². The second-order valence-electron chi connectivity index (χ2n) is 2.60. The predicted octanol–water partition coefficient (Wildman–Crippen LogP) is 1.34. The molecule has 0 saturated heterocycles. The molecule has 0 heterocycles. The summed E-state index contributed by atoms with van der Waals surface area (Å²) in [5.74, 6) is 4.33. The molecule has 13 heavy (non-hydrogen) atoms. The van der Waals surface area contributed by atoms with Crippen molar-refractivity contribution < 1.29 is 4.79 Å². The molecule has 4 heteroatoms. The molecule has 1 unspecified atom stereocenters. The zero-order valence-electron chi connectivity index (χ0n) is 7.68. The fraction of sp³-hybridized carbons (Fsp3) is 0.667. The normalized spacial score (nSPS) is 11.8. The average Bonchev–Trinajstić information content (AvgIpc) is 2.16.